The molecular formula is C21H17F17N2O4S. The molecule has 0 aliphatic carbocycles. The summed E-state index contributed by atoms with van der Waals surface area (Å²) in [6.45, 7) is 3.63. The van der Waals surface area contributed by atoms with E-state index in [2.05, 4.69) is 4.74 Å². The van der Waals surface area contributed by atoms with Gasteiger partial charge >= 0.3 is 59.5 Å². The van der Waals surface area contributed by atoms with Crippen molar-refractivity contribution in [3.8, 4) is 0 Å². The molecule has 0 aliphatic rings. The van der Waals surface area contributed by atoms with E-state index in [0.717, 1.165) is 11.8 Å². The Bertz CT molecular complexity index is 1300. The van der Waals surface area contributed by atoms with Gasteiger partial charge in [-0.1, -0.05) is 0 Å². The molecule has 24 heteroatoms. The molecule has 260 valence electrons. The average Bonchev–Trinajstić information content (AvgIpc) is 3.22. The Morgan fingerprint density at radius 2 is 1.07 bits per heavy atom. The Morgan fingerprint density at radius 3 is 1.42 bits per heavy atom. The van der Waals surface area contributed by atoms with E-state index in [-0.39, 0.29) is 24.4 Å². The van der Waals surface area contributed by atoms with Crippen LogP contribution in [0, 0.1) is 6.92 Å². The first kappa shape index (κ1) is 39.9. The number of nitrogens with zero attached hydrogens (tertiary/aromatic N) is 1. The van der Waals surface area contributed by atoms with Crippen molar-refractivity contribution in [3.63, 3.8) is 0 Å². The first-order valence-corrected chi connectivity index (χ1v) is 12.2. The van der Waals surface area contributed by atoms with E-state index in [0.29, 0.717) is 12.4 Å². The highest BCUT2D eigenvalue weighted by Gasteiger charge is 2.95. The van der Waals surface area contributed by atoms with Gasteiger partial charge in [0, 0.05) is 13.1 Å². The number of alkyl halides is 17. The second-order valence-electron chi connectivity index (χ2n) is 8.70. The number of amides is 2. The lowest BCUT2D eigenvalue weighted by molar-refractivity contribution is -0.459. The maximum absolute atomic E-state index is 14.4. The van der Waals surface area contributed by atoms with Crippen LogP contribution in [0.5, 0.6) is 0 Å². The Kier molecular flexibility index (Phi) is 10.6. The van der Waals surface area contributed by atoms with Crippen LogP contribution < -0.4 is 5.32 Å². The van der Waals surface area contributed by atoms with Gasteiger partial charge in [-0.15, -0.1) is 11.3 Å². The minimum absolute atomic E-state index is 0.0475. The molecule has 1 heterocycles. The molecule has 1 N–H and O–H groups in total. The summed E-state index contributed by atoms with van der Waals surface area (Å²) in [6, 6.07) is 0. The molecule has 0 atom stereocenters. The SMILES string of the molecule is CCN(CC)C(=O)c1sc(NC(=O)C(F)(F)C(F)(F)C(F)(F)C(F)(F)C(F)(F)C(F)(F)C(F)(F)C(F)(F)F)c(C(=O)OC)c1C. The van der Waals surface area contributed by atoms with Gasteiger partial charge < -0.3 is 15.0 Å². The minimum atomic E-state index is -8.87. The maximum atomic E-state index is 14.4. The number of hydrogen-bond acceptors (Lipinski definition) is 5. The van der Waals surface area contributed by atoms with Gasteiger partial charge in [0.05, 0.1) is 17.6 Å². The number of halogens is 17. The van der Waals surface area contributed by atoms with Crippen LogP contribution in [0.15, 0.2) is 0 Å². The van der Waals surface area contributed by atoms with Gasteiger partial charge in [-0.05, 0) is 26.3 Å². The summed E-state index contributed by atoms with van der Waals surface area (Å²) in [6.07, 6.45) is -7.90. The molecule has 0 unspecified atom stereocenters. The molecule has 1 aromatic rings. The van der Waals surface area contributed by atoms with Gasteiger partial charge in [0.25, 0.3) is 5.91 Å². The highest BCUT2D eigenvalue weighted by molar-refractivity contribution is 7.18. The zero-order chi connectivity index (χ0) is 36.2. The van der Waals surface area contributed by atoms with Crippen molar-refractivity contribution in [2.45, 2.75) is 68.4 Å². The number of anilines is 1. The number of methoxy groups -OCH3 is 1. The van der Waals surface area contributed by atoms with E-state index in [1.807, 2.05) is 0 Å². The Labute approximate surface area is 243 Å². The molecule has 0 radical (unpaired) electrons. The van der Waals surface area contributed by atoms with Crippen LogP contribution >= 0.6 is 11.3 Å². The number of ether oxygens (including phenoxy) is 1. The van der Waals surface area contributed by atoms with Crippen molar-refractivity contribution < 1.29 is 93.8 Å². The van der Waals surface area contributed by atoms with E-state index in [1.165, 1.54) is 13.8 Å². The molecule has 1 aromatic heterocycles. The van der Waals surface area contributed by atoms with Crippen LogP contribution in [0.3, 0.4) is 0 Å². The molecule has 0 saturated carbocycles. The molecular weight excluding hydrogens is 699 g/mol. The van der Waals surface area contributed by atoms with Gasteiger partial charge in [0.2, 0.25) is 0 Å². The van der Waals surface area contributed by atoms with E-state index in [9.17, 15) is 89.0 Å². The highest BCUT2D eigenvalue weighted by Crippen LogP contribution is 2.64. The molecule has 0 saturated heterocycles. The highest BCUT2D eigenvalue weighted by atomic mass is 32.1. The van der Waals surface area contributed by atoms with Crippen molar-refractivity contribution in [2.75, 3.05) is 25.5 Å². The summed E-state index contributed by atoms with van der Waals surface area (Å²) in [5, 5.41) is -0.687. The monoisotopic (exact) mass is 716 g/mol. The smallest absolute Gasteiger partial charge is 0.460 e. The fourth-order valence-corrected chi connectivity index (χ4v) is 4.45. The fraction of sp³-hybridized carbons (Fsp3) is 0.667. The summed E-state index contributed by atoms with van der Waals surface area (Å²) in [5.41, 5.74) is -1.60. The van der Waals surface area contributed by atoms with Crippen molar-refractivity contribution >= 4 is 34.1 Å². The summed E-state index contributed by atoms with van der Waals surface area (Å²) in [4.78, 5) is 37.2. The second kappa shape index (κ2) is 11.9. The number of carbonyl (C=O) groups is 3. The largest absolute Gasteiger partial charge is 0.465 e. The molecule has 45 heavy (non-hydrogen) atoms. The van der Waals surface area contributed by atoms with Gasteiger partial charge in [-0.3, -0.25) is 9.59 Å². The van der Waals surface area contributed by atoms with Crippen LogP contribution in [0.4, 0.5) is 79.6 Å². The molecule has 0 fully saturated rings. The van der Waals surface area contributed by atoms with Crippen molar-refractivity contribution in [2.24, 2.45) is 0 Å². The van der Waals surface area contributed by atoms with Crippen molar-refractivity contribution in [1.29, 1.82) is 0 Å². The first-order chi connectivity index (χ1) is 19.8. The maximum Gasteiger partial charge on any atom is 0.460 e. The van der Waals surface area contributed by atoms with Crippen LogP contribution in [-0.2, 0) is 9.53 Å². The summed E-state index contributed by atoms with van der Waals surface area (Å²) < 4.78 is 234. The lowest BCUT2D eigenvalue weighted by Crippen LogP contribution is -2.75. The first-order valence-electron chi connectivity index (χ1n) is 11.4. The van der Waals surface area contributed by atoms with Gasteiger partial charge in [0.1, 0.15) is 5.00 Å². The van der Waals surface area contributed by atoms with Gasteiger partial charge in [0.15, 0.2) is 0 Å². The van der Waals surface area contributed by atoms with E-state index >= 15 is 0 Å². The van der Waals surface area contributed by atoms with Crippen LogP contribution in [0.25, 0.3) is 0 Å². The third-order valence-electron chi connectivity index (χ3n) is 6.02. The number of thiophene rings is 1. The molecule has 0 bridgehead atoms. The lowest BCUT2D eigenvalue weighted by Gasteiger charge is -2.42. The van der Waals surface area contributed by atoms with Gasteiger partial charge in [-0.2, -0.15) is 74.6 Å². The van der Waals surface area contributed by atoms with Crippen LogP contribution in [0.1, 0.15) is 39.4 Å². The predicted octanol–water partition coefficient (Wildman–Crippen LogP) is 7.27. The summed E-state index contributed by atoms with van der Waals surface area (Å²) >= 11 is -0.169. The van der Waals surface area contributed by atoms with E-state index in [1.54, 1.807) is 0 Å². The minimum Gasteiger partial charge on any atom is -0.465 e. The molecule has 0 aliphatic heterocycles. The fourth-order valence-electron chi connectivity index (χ4n) is 3.30. The number of hydrogen-bond donors (Lipinski definition) is 1. The third kappa shape index (κ3) is 5.74. The second-order valence-corrected chi connectivity index (χ2v) is 9.72. The molecule has 2 amide bonds. The number of carbonyl (C=O) groups excluding carboxylic acids is 3. The Balaban J connectivity index is 3.76. The normalized spacial score (nSPS) is 14.3. The molecule has 1 rings (SSSR count). The average molecular weight is 716 g/mol. The van der Waals surface area contributed by atoms with Crippen LogP contribution in [0.2, 0.25) is 0 Å². The van der Waals surface area contributed by atoms with E-state index in [4.69, 9.17) is 0 Å². The number of nitrogens with one attached hydrogen (secondary N) is 1. The standard InChI is InChI=1S/C21H17F17N2O4S/c1-5-40(6-2)11(41)9-7(3)8(12(42)44-4)10(45-9)39-13(43)14(22,23)15(24,25)16(26,27)17(28,29)18(30,31)19(32,33)20(34,35)21(36,37)38/h5-6H2,1-4H3,(H,39,43). The number of esters is 1. The zero-order valence-corrected chi connectivity index (χ0v) is 23.1. The molecule has 0 aromatic carbocycles. The van der Waals surface area contributed by atoms with Crippen molar-refractivity contribution in [1.82, 2.24) is 4.90 Å². The molecule has 0 spiro atoms. The quantitative estimate of drug-likeness (QED) is 0.183. The summed E-state index contributed by atoms with van der Waals surface area (Å²) in [7, 11) is 0.612. The third-order valence-corrected chi connectivity index (χ3v) is 7.21. The summed E-state index contributed by atoms with van der Waals surface area (Å²) in [5.74, 6) is -65.6. The van der Waals surface area contributed by atoms with Crippen molar-refractivity contribution in [3.05, 3.63) is 16.0 Å². The number of rotatable bonds is 12. The Morgan fingerprint density at radius 1 is 0.689 bits per heavy atom. The lowest BCUT2D eigenvalue weighted by atomic mass is 9.89. The Hall–Kier alpha value is -3.08. The molecule has 6 nitrogen and oxygen atoms in total. The van der Waals surface area contributed by atoms with E-state index < -0.39 is 86.4 Å². The zero-order valence-electron chi connectivity index (χ0n) is 22.3. The van der Waals surface area contributed by atoms with Gasteiger partial charge in [-0.25, -0.2) is 4.79 Å². The predicted molar refractivity (Wildman–Crippen MR) is 117 cm³/mol. The topological polar surface area (TPSA) is 75.7 Å². The van der Waals surface area contributed by atoms with Crippen LogP contribution in [-0.4, -0.2) is 90.5 Å².